The van der Waals surface area contributed by atoms with E-state index in [-0.39, 0.29) is 0 Å². The van der Waals surface area contributed by atoms with E-state index in [4.69, 9.17) is 10.5 Å². The van der Waals surface area contributed by atoms with Crippen LogP contribution in [0.15, 0.2) is 54.6 Å². The number of para-hydroxylation sites is 1. The van der Waals surface area contributed by atoms with Crippen LogP contribution in [0.2, 0.25) is 0 Å². The second kappa shape index (κ2) is 6.96. The number of hydrogen-bond acceptors (Lipinski definition) is 3. The molecule has 2 unspecified atom stereocenters. The molecule has 0 saturated carbocycles. The zero-order valence-corrected chi connectivity index (χ0v) is 14.1. The smallest absolute Gasteiger partial charge is 0.127 e. The third-order valence-electron chi connectivity index (χ3n) is 5.74. The summed E-state index contributed by atoms with van der Waals surface area (Å²) in [5, 5.41) is 0. The van der Waals surface area contributed by atoms with Gasteiger partial charge in [0.2, 0.25) is 0 Å². The number of ether oxygens (including phenoxy) is 1. The van der Waals surface area contributed by atoms with Crippen LogP contribution in [0, 0.1) is 11.8 Å². The van der Waals surface area contributed by atoms with Crippen molar-refractivity contribution in [3.63, 3.8) is 0 Å². The number of piperidine rings is 3. The average molecular weight is 322 g/mol. The largest absolute Gasteiger partial charge is 0.457 e. The normalized spacial score (nSPS) is 27.0. The lowest BCUT2D eigenvalue weighted by Gasteiger charge is -2.47. The summed E-state index contributed by atoms with van der Waals surface area (Å²) in [6, 6.07) is 18.5. The SMILES string of the molecule is NCC(c1cccc(Oc2ccccc2)c1)C1CN2CCC1CC2. The lowest BCUT2D eigenvalue weighted by atomic mass is 9.70. The Balaban J connectivity index is 1.55. The number of nitrogens with zero attached hydrogens (tertiary/aromatic N) is 1. The highest BCUT2D eigenvalue weighted by atomic mass is 16.5. The van der Waals surface area contributed by atoms with Crippen LogP contribution >= 0.6 is 0 Å². The Morgan fingerprint density at radius 3 is 2.42 bits per heavy atom. The number of benzene rings is 2. The van der Waals surface area contributed by atoms with Crippen molar-refractivity contribution in [2.24, 2.45) is 17.6 Å². The first-order valence-electron chi connectivity index (χ1n) is 9.09. The van der Waals surface area contributed by atoms with E-state index in [0.29, 0.717) is 18.4 Å². The van der Waals surface area contributed by atoms with Crippen molar-refractivity contribution in [3.05, 3.63) is 60.2 Å². The predicted octanol–water partition coefficient (Wildman–Crippen LogP) is 3.86. The van der Waals surface area contributed by atoms with Gasteiger partial charge < -0.3 is 15.4 Å². The van der Waals surface area contributed by atoms with Crippen molar-refractivity contribution in [2.75, 3.05) is 26.2 Å². The highest BCUT2D eigenvalue weighted by Crippen LogP contribution is 2.41. The monoisotopic (exact) mass is 322 g/mol. The van der Waals surface area contributed by atoms with Gasteiger partial charge in [-0.25, -0.2) is 0 Å². The minimum absolute atomic E-state index is 0.428. The summed E-state index contributed by atoms with van der Waals surface area (Å²) in [4.78, 5) is 2.61. The van der Waals surface area contributed by atoms with Crippen molar-refractivity contribution in [2.45, 2.75) is 18.8 Å². The second-order valence-electron chi connectivity index (χ2n) is 7.13. The van der Waals surface area contributed by atoms with E-state index in [2.05, 4.69) is 23.1 Å². The molecule has 5 rings (SSSR count). The molecule has 2 N–H and O–H groups in total. The summed E-state index contributed by atoms with van der Waals surface area (Å²) < 4.78 is 6.01. The number of fused-ring (bicyclic) bond motifs is 3. The molecule has 0 radical (unpaired) electrons. The Morgan fingerprint density at radius 2 is 1.75 bits per heavy atom. The fourth-order valence-electron chi connectivity index (χ4n) is 4.46. The third-order valence-corrected chi connectivity index (χ3v) is 5.74. The second-order valence-corrected chi connectivity index (χ2v) is 7.13. The van der Waals surface area contributed by atoms with Gasteiger partial charge in [-0.3, -0.25) is 0 Å². The molecule has 0 spiro atoms. The van der Waals surface area contributed by atoms with Gasteiger partial charge in [0.05, 0.1) is 0 Å². The van der Waals surface area contributed by atoms with Gasteiger partial charge in [-0.1, -0.05) is 30.3 Å². The molecule has 2 atom stereocenters. The summed E-state index contributed by atoms with van der Waals surface area (Å²) >= 11 is 0. The third kappa shape index (κ3) is 3.19. The molecule has 2 bridgehead atoms. The molecule has 3 nitrogen and oxygen atoms in total. The van der Waals surface area contributed by atoms with Crippen molar-refractivity contribution in [3.8, 4) is 11.5 Å². The Kier molecular flexibility index (Phi) is 4.54. The zero-order chi connectivity index (χ0) is 16.4. The van der Waals surface area contributed by atoms with Crippen LogP contribution in [0.25, 0.3) is 0 Å². The van der Waals surface area contributed by atoms with Crippen LogP contribution in [-0.4, -0.2) is 31.1 Å². The quantitative estimate of drug-likeness (QED) is 0.908. The topological polar surface area (TPSA) is 38.5 Å². The molecule has 3 saturated heterocycles. The van der Waals surface area contributed by atoms with Crippen molar-refractivity contribution in [1.29, 1.82) is 0 Å². The molecule has 24 heavy (non-hydrogen) atoms. The standard InChI is InChI=1S/C21H26N2O/c22-14-20(21-15-23-11-9-16(21)10-12-23)17-5-4-8-19(13-17)24-18-6-2-1-3-7-18/h1-8,13,16,20-21H,9-12,14-15,22H2. The molecule has 2 aromatic carbocycles. The van der Waals surface area contributed by atoms with Gasteiger partial charge in [-0.05, 0) is 74.1 Å². The first-order valence-corrected chi connectivity index (χ1v) is 9.09. The molecule has 0 aromatic heterocycles. The number of nitrogens with two attached hydrogens (primary N) is 1. The average Bonchev–Trinajstić information content (AvgIpc) is 2.65. The summed E-state index contributed by atoms with van der Waals surface area (Å²) in [5.74, 6) is 3.73. The van der Waals surface area contributed by atoms with Crippen LogP contribution in [0.3, 0.4) is 0 Å². The van der Waals surface area contributed by atoms with Gasteiger partial charge >= 0.3 is 0 Å². The lowest BCUT2D eigenvalue weighted by Crippen LogP contribution is -2.50. The van der Waals surface area contributed by atoms with E-state index in [1.54, 1.807) is 0 Å². The molecule has 3 aliphatic heterocycles. The van der Waals surface area contributed by atoms with E-state index >= 15 is 0 Å². The molecule has 0 amide bonds. The molecule has 126 valence electrons. The first kappa shape index (κ1) is 15.7. The molecule has 3 aliphatic rings. The Labute approximate surface area is 144 Å². The van der Waals surface area contributed by atoms with E-state index in [1.807, 2.05) is 36.4 Å². The molecule has 0 aliphatic carbocycles. The maximum atomic E-state index is 6.21. The Morgan fingerprint density at radius 1 is 1.00 bits per heavy atom. The summed E-state index contributed by atoms with van der Waals surface area (Å²) in [7, 11) is 0. The molecule has 3 heteroatoms. The van der Waals surface area contributed by atoms with Crippen molar-refractivity contribution < 1.29 is 4.74 Å². The van der Waals surface area contributed by atoms with Crippen LogP contribution in [-0.2, 0) is 0 Å². The molecule has 3 heterocycles. The number of hydrogen-bond donors (Lipinski definition) is 1. The summed E-state index contributed by atoms with van der Waals surface area (Å²) in [6.07, 6.45) is 2.67. The van der Waals surface area contributed by atoms with E-state index < -0.39 is 0 Å². The van der Waals surface area contributed by atoms with Crippen LogP contribution in [0.5, 0.6) is 11.5 Å². The maximum absolute atomic E-state index is 6.21. The zero-order valence-electron chi connectivity index (χ0n) is 14.1. The van der Waals surface area contributed by atoms with E-state index in [9.17, 15) is 0 Å². The molecular weight excluding hydrogens is 296 g/mol. The fraction of sp³-hybridized carbons (Fsp3) is 0.429. The van der Waals surface area contributed by atoms with E-state index in [0.717, 1.165) is 17.4 Å². The fourth-order valence-corrected chi connectivity index (χ4v) is 4.46. The molecule has 3 fully saturated rings. The van der Waals surface area contributed by atoms with Crippen LogP contribution in [0.4, 0.5) is 0 Å². The minimum Gasteiger partial charge on any atom is -0.457 e. The Hall–Kier alpha value is -1.84. The van der Waals surface area contributed by atoms with Gasteiger partial charge in [0, 0.05) is 12.5 Å². The van der Waals surface area contributed by atoms with Crippen molar-refractivity contribution in [1.82, 2.24) is 4.90 Å². The first-order chi connectivity index (χ1) is 11.8. The van der Waals surface area contributed by atoms with Crippen LogP contribution in [0.1, 0.15) is 24.3 Å². The van der Waals surface area contributed by atoms with Gasteiger partial charge in [0.1, 0.15) is 11.5 Å². The van der Waals surface area contributed by atoms with E-state index in [1.165, 1.54) is 38.0 Å². The lowest BCUT2D eigenvalue weighted by molar-refractivity contribution is 0.0378. The van der Waals surface area contributed by atoms with Crippen molar-refractivity contribution >= 4 is 0 Å². The van der Waals surface area contributed by atoms with Gasteiger partial charge in [0.15, 0.2) is 0 Å². The molecule has 2 aromatic rings. The van der Waals surface area contributed by atoms with Gasteiger partial charge in [-0.15, -0.1) is 0 Å². The molecular formula is C21H26N2O. The van der Waals surface area contributed by atoms with Gasteiger partial charge in [-0.2, -0.15) is 0 Å². The summed E-state index contributed by atoms with van der Waals surface area (Å²) in [5.41, 5.74) is 7.53. The number of rotatable bonds is 5. The predicted molar refractivity (Wildman–Crippen MR) is 97.4 cm³/mol. The Bertz CT molecular complexity index is 665. The maximum Gasteiger partial charge on any atom is 0.127 e. The highest BCUT2D eigenvalue weighted by molar-refractivity contribution is 5.35. The van der Waals surface area contributed by atoms with Crippen LogP contribution < -0.4 is 10.5 Å². The van der Waals surface area contributed by atoms with Gasteiger partial charge in [0.25, 0.3) is 0 Å². The minimum atomic E-state index is 0.428. The highest BCUT2D eigenvalue weighted by Gasteiger charge is 2.38. The summed E-state index contributed by atoms with van der Waals surface area (Å²) in [6.45, 7) is 4.46.